The van der Waals surface area contributed by atoms with Crippen LogP contribution in [0.25, 0.3) is 11.1 Å². The number of likely N-dealkylation sites (tertiary alicyclic amines) is 1. The Morgan fingerprint density at radius 3 is 3.00 bits per heavy atom. The minimum absolute atomic E-state index is 0.124. The first-order valence-electron chi connectivity index (χ1n) is 7.51. The molecule has 0 bridgehead atoms. The van der Waals surface area contributed by atoms with Gasteiger partial charge in [0.1, 0.15) is 0 Å². The highest BCUT2D eigenvalue weighted by Crippen LogP contribution is 2.17. The number of carbonyl (C=O) groups is 1. The normalized spacial score (nSPS) is 19.1. The highest BCUT2D eigenvalue weighted by Gasteiger charge is 2.21. The third-order valence-electron chi connectivity index (χ3n) is 4.13. The molecule has 1 aromatic heterocycles. The van der Waals surface area contributed by atoms with E-state index in [2.05, 4.69) is 6.92 Å². The fraction of sp³-hybridized carbons (Fsp3) is 0.500. The minimum Gasteiger partial charge on any atom is -0.408 e. The van der Waals surface area contributed by atoms with E-state index in [1.54, 1.807) is 10.6 Å². The van der Waals surface area contributed by atoms with Crippen LogP contribution in [-0.2, 0) is 11.3 Å². The van der Waals surface area contributed by atoms with Crippen LogP contribution >= 0.6 is 0 Å². The number of aryl methyl sites for hydroxylation is 1. The van der Waals surface area contributed by atoms with E-state index in [0.717, 1.165) is 25.0 Å². The molecule has 0 radical (unpaired) electrons. The Balaban J connectivity index is 1.70. The molecule has 1 fully saturated rings. The van der Waals surface area contributed by atoms with Gasteiger partial charge in [-0.05, 0) is 30.9 Å². The SMILES string of the molecule is CC1CCCN(C(=O)CCn2c(=O)oc3ccccc32)C1. The van der Waals surface area contributed by atoms with Gasteiger partial charge in [0.2, 0.25) is 5.91 Å². The highest BCUT2D eigenvalue weighted by atomic mass is 16.4. The average Bonchev–Trinajstić information content (AvgIpc) is 2.80. The Labute approximate surface area is 123 Å². The fourth-order valence-electron chi connectivity index (χ4n) is 3.01. The van der Waals surface area contributed by atoms with Crippen molar-refractivity contribution in [3.63, 3.8) is 0 Å². The molecule has 0 aliphatic carbocycles. The van der Waals surface area contributed by atoms with E-state index in [-0.39, 0.29) is 5.91 Å². The van der Waals surface area contributed by atoms with E-state index >= 15 is 0 Å². The van der Waals surface area contributed by atoms with Crippen LogP contribution in [-0.4, -0.2) is 28.5 Å². The van der Waals surface area contributed by atoms with Crippen LogP contribution in [0.4, 0.5) is 0 Å². The third-order valence-corrected chi connectivity index (χ3v) is 4.13. The summed E-state index contributed by atoms with van der Waals surface area (Å²) in [4.78, 5) is 26.0. The van der Waals surface area contributed by atoms with Gasteiger partial charge in [0.25, 0.3) is 0 Å². The molecular weight excluding hydrogens is 268 g/mol. The number of hydrogen-bond donors (Lipinski definition) is 0. The summed E-state index contributed by atoms with van der Waals surface area (Å²) in [5.74, 6) is 0.301. The first-order valence-corrected chi connectivity index (χ1v) is 7.51. The molecule has 1 atom stereocenters. The van der Waals surface area contributed by atoms with Crippen LogP contribution in [0.3, 0.4) is 0 Å². The van der Waals surface area contributed by atoms with Gasteiger partial charge >= 0.3 is 5.76 Å². The van der Waals surface area contributed by atoms with Crippen molar-refractivity contribution in [1.82, 2.24) is 9.47 Å². The second kappa shape index (κ2) is 5.76. The Morgan fingerprint density at radius 1 is 1.38 bits per heavy atom. The van der Waals surface area contributed by atoms with Crippen LogP contribution in [0.15, 0.2) is 33.5 Å². The van der Waals surface area contributed by atoms with Gasteiger partial charge in [-0.25, -0.2) is 4.79 Å². The molecule has 1 aliphatic heterocycles. The van der Waals surface area contributed by atoms with Crippen molar-refractivity contribution in [2.24, 2.45) is 5.92 Å². The number of benzene rings is 1. The number of para-hydroxylation sites is 2. The van der Waals surface area contributed by atoms with Gasteiger partial charge in [0.15, 0.2) is 5.58 Å². The van der Waals surface area contributed by atoms with E-state index in [1.807, 2.05) is 23.1 Å². The topological polar surface area (TPSA) is 55.5 Å². The molecular formula is C16H20N2O3. The van der Waals surface area contributed by atoms with E-state index in [0.29, 0.717) is 24.5 Å². The van der Waals surface area contributed by atoms with Crippen LogP contribution in [0.2, 0.25) is 0 Å². The van der Waals surface area contributed by atoms with E-state index < -0.39 is 5.76 Å². The molecule has 1 unspecified atom stereocenters. The summed E-state index contributed by atoms with van der Waals surface area (Å²) in [6, 6.07) is 7.30. The predicted molar refractivity (Wildman–Crippen MR) is 80.1 cm³/mol. The molecule has 21 heavy (non-hydrogen) atoms. The molecule has 1 saturated heterocycles. The lowest BCUT2D eigenvalue weighted by Gasteiger charge is -2.31. The number of rotatable bonds is 3. The monoisotopic (exact) mass is 288 g/mol. The highest BCUT2D eigenvalue weighted by molar-refractivity contribution is 5.77. The number of hydrogen-bond acceptors (Lipinski definition) is 3. The molecule has 112 valence electrons. The van der Waals surface area contributed by atoms with Gasteiger partial charge in [0.05, 0.1) is 5.52 Å². The first-order chi connectivity index (χ1) is 10.1. The maximum absolute atomic E-state index is 12.3. The molecule has 0 spiro atoms. The molecule has 1 aliphatic rings. The first kappa shape index (κ1) is 13.9. The lowest BCUT2D eigenvalue weighted by molar-refractivity contribution is -0.133. The number of fused-ring (bicyclic) bond motifs is 1. The Bertz CT molecular complexity index is 701. The zero-order chi connectivity index (χ0) is 14.8. The maximum Gasteiger partial charge on any atom is 0.419 e. The summed E-state index contributed by atoms with van der Waals surface area (Å²) >= 11 is 0. The van der Waals surface area contributed by atoms with Crippen molar-refractivity contribution in [1.29, 1.82) is 0 Å². The largest absolute Gasteiger partial charge is 0.419 e. The predicted octanol–water partition coefficient (Wildman–Crippen LogP) is 2.24. The van der Waals surface area contributed by atoms with Gasteiger partial charge in [-0.2, -0.15) is 0 Å². The van der Waals surface area contributed by atoms with Gasteiger partial charge in [-0.1, -0.05) is 19.1 Å². The molecule has 5 heteroatoms. The van der Waals surface area contributed by atoms with E-state index in [9.17, 15) is 9.59 Å². The van der Waals surface area contributed by atoms with Crippen LogP contribution in [0.5, 0.6) is 0 Å². The van der Waals surface area contributed by atoms with Crippen LogP contribution in [0, 0.1) is 5.92 Å². The zero-order valence-corrected chi connectivity index (χ0v) is 12.2. The molecule has 3 rings (SSSR count). The summed E-state index contributed by atoms with van der Waals surface area (Å²) in [6.45, 7) is 4.22. The minimum atomic E-state index is -0.393. The molecule has 0 N–H and O–H groups in total. The van der Waals surface area contributed by atoms with Crippen LogP contribution < -0.4 is 5.76 Å². The van der Waals surface area contributed by atoms with Gasteiger partial charge < -0.3 is 9.32 Å². The third kappa shape index (κ3) is 2.86. The fourth-order valence-corrected chi connectivity index (χ4v) is 3.01. The molecule has 1 amide bonds. The molecule has 2 aromatic rings. The Kier molecular flexibility index (Phi) is 3.82. The summed E-state index contributed by atoms with van der Waals surface area (Å²) in [6.07, 6.45) is 2.60. The van der Waals surface area contributed by atoms with Crippen molar-refractivity contribution in [3.05, 3.63) is 34.8 Å². The second-order valence-electron chi connectivity index (χ2n) is 5.82. The molecule has 1 aromatic carbocycles. The summed E-state index contributed by atoms with van der Waals surface area (Å²) in [5.41, 5.74) is 1.32. The Hall–Kier alpha value is -2.04. The van der Waals surface area contributed by atoms with E-state index in [4.69, 9.17) is 4.42 Å². The van der Waals surface area contributed by atoms with Crippen molar-refractivity contribution in [2.45, 2.75) is 32.7 Å². The number of oxazole rings is 1. The Morgan fingerprint density at radius 2 is 2.19 bits per heavy atom. The quantitative estimate of drug-likeness (QED) is 0.870. The maximum atomic E-state index is 12.3. The number of nitrogens with zero attached hydrogens (tertiary/aromatic N) is 2. The number of piperidine rings is 1. The van der Waals surface area contributed by atoms with Gasteiger partial charge in [-0.15, -0.1) is 0 Å². The smallest absolute Gasteiger partial charge is 0.408 e. The standard InChI is InChI=1S/C16H20N2O3/c1-12-5-4-9-17(11-12)15(19)8-10-18-13-6-2-3-7-14(13)21-16(18)20/h2-3,6-7,12H,4-5,8-11H2,1H3. The average molecular weight is 288 g/mol. The molecule has 5 nitrogen and oxygen atoms in total. The molecule has 0 saturated carbocycles. The summed E-state index contributed by atoms with van der Waals surface area (Å²) in [7, 11) is 0. The van der Waals surface area contributed by atoms with Crippen molar-refractivity contribution in [2.75, 3.05) is 13.1 Å². The summed E-state index contributed by atoms with van der Waals surface area (Å²) in [5, 5.41) is 0. The number of amides is 1. The number of aromatic nitrogens is 1. The van der Waals surface area contributed by atoms with Gasteiger partial charge in [-0.3, -0.25) is 9.36 Å². The van der Waals surface area contributed by atoms with Gasteiger partial charge in [0, 0.05) is 26.1 Å². The number of carbonyl (C=O) groups excluding carboxylic acids is 1. The summed E-state index contributed by atoms with van der Waals surface area (Å²) < 4.78 is 6.72. The lowest BCUT2D eigenvalue weighted by Crippen LogP contribution is -2.39. The molecule has 2 heterocycles. The zero-order valence-electron chi connectivity index (χ0n) is 12.2. The van der Waals surface area contributed by atoms with Crippen LogP contribution in [0.1, 0.15) is 26.2 Å². The van der Waals surface area contributed by atoms with E-state index in [1.165, 1.54) is 6.42 Å². The second-order valence-corrected chi connectivity index (χ2v) is 5.82. The lowest BCUT2D eigenvalue weighted by atomic mass is 10.00. The van der Waals surface area contributed by atoms with Crippen molar-refractivity contribution in [3.8, 4) is 0 Å². The van der Waals surface area contributed by atoms with Crippen molar-refractivity contribution >= 4 is 17.0 Å². The van der Waals surface area contributed by atoms with Crippen molar-refractivity contribution < 1.29 is 9.21 Å².